The van der Waals surface area contributed by atoms with E-state index >= 15 is 0 Å². The van der Waals surface area contributed by atoms with Crippen molar-refractivity contribution in [1.82, 2.24) is 0 Å². The molecular formula is C8H8O2S. The molecule has 1 aromatic carbocycles. The number of aliphatic hydroxyl groups is 1. The van der Waals surface area contributed by atoms with Gasteiger partial charge in [0.1, 0.15) is 17.1 Å². The van der Waals surface area contributed by atoms with Crippen LogP contribution in [0.2, 0.25) is 0 Å². The number of aliphatic hydroxyl groups excluding tert-OH is 1. The van der Waals surface area contributed by atoms with Crippen molar-refractivity contribution in [3.63, 3.8) is 0 Å². The number of para-hydroxylation sites is 1. The summed E-state index contributed by atoms with van der Waals surface area (Å²) in [6, 6.07) is 7.56. The van der Waals surface area contributed by atoms with Gasteiger partial charge in [-0.15, -0.1) is 0 Å². The molecule has 1 aliphatic heterocycles. The Morgan fingerprint density at radius 2 is 2.27 bits per heavy atom. The minimum Gasteiger partial charge on any atom is -0.482 e. The molecule has 1 aliphatic rings. The highest BCUT2D eigenvalue weighted by Gasteiger charge is 2.17. The fraction of sp³-hybridized carbons (Fsp3) is 0.250. The van der Waals surface area contributed by atoms with Crippen LogP contribution in [0, 0.1) is 0 Å². The Morgan fingerprint density at radius 1 is 1.45 bits per heavy atom. The predicted molar refractivity (Wildman–Crippen MR) is 44.5 cm³/mol. The van der Waals surface area contributed by atoms with Crippen molar-refractivity contribution >= 4 is 11.8 Å². The number of ether oxygens (including phenoxy) is 1. The number of benzene rings is 1. The highest BCUT2D eigenvalue weighted by molar-refractivity contribution is 7.99. The minimum absolute atomic E-state index is 0.417. The maximum absolute atomic E-state index is 9.44. The van der Waals surface area contributed by atoms with Crippen molar-refractivity contribution in [2.45, 2.75) is 5.44 Å². The van der Waals surface area contributed by atoms with E-state index in [0.717, 1.165) is 11.3 Å². The van der Waals surface area contributed by atoms with Gasteiger partial charge in [-0.25, -0.2) is 0 Å². The van der Waals surface area contributed by atoms with Crippen molar-refractivity contribution in [2.75, 3.05) is 5.94 Å². The molecule has 0 aromatic heterocycles. The first-order valence-corrected chi connectivity index (χ1v) is 4.44. The molecule has 2 rings (SSSR count). The SMILES string of the molecule is OC1SCOc2ccccc21. The summed E-state index contributed by atoms with van der Waals surface area (Å²) in [5, 5.41) is 9.44. The van der Waals surface area contributed by atoms with Crippen LogP contribution in [0.5, 0.6) is 5.75 Å². The average molecular weight is 168 g/mol. The van der Waals surface area contributed by atoms with Crippen LogP contribution < -0.4 is 4.74 Å². The zero-order valence-corrected chi connectivity index (χ0v) is 6.67. The zero-order chi connectivity index (χ0) is 7.68. The Hall–Kier alpha value is -0.670. The van der Waals surface area contributed by atoms with Crippen LogP contribution in [0.4, 0.5) is 0 Å². The second kappa shape index (κ2) is 2.75. The number of thioether (sulfide) groups is 1. The maximum Gasteiger partial charge on any atom is 0.136 e. The molecule has 58 valence electrons. The van der Waals surface area contributed by atoms with Gasteiger partial charge in [-0.1, -0.05) is 30.0 Å². The molecule has 11 heavy (non-hydrogen) atoms. The monoisotopic (exact) mass is 168 g/mol. The fourth-order valence-electron chi connectivity index (χ4n) is 1.07. The molecule has 0 radical (unpaired) electrons. The second-order valence-electron chi connectivity index (χ2n) is 2.32. The summed E-state index contributed by atoms with van der Waals surface area (Å²) in [5.41, 5.74) is 0.462. The predicted octanol–water partition coefficient (Wildman–Crippen LogP) is 1.76. The first kappa shape index (κ1) is 7.00. The van der Waals surface area contributed by atoms with Crippen LogP contribution in [-0.2, 0) is 0 Å². The average Bonchev–Trinajstić information content (AvgIpc) is 2.06. The smallest absolute Gasteiger partial charge is 0.136 e. The molecule has 1 heterocycles. The van der Waals surface area contributed by atoms with E-state index < -0.39 is 5.44 Å². The zero-order valence-electron chi connectivity index (χ0n) is 5.86. The first-order chi connectivity index (χ1) is 5.38. The summed E-state index contributed by atoms with van der Waals surface area (Å²) in [6.07, 6.45) is 0. The van der Waals surface area contributed by atoms with Gasteiger partial charge < -0.3 is 9.84 Å². The van der Waals surface area contributed by atoms with E-state index in [-0.39, 0.29) is 0 Å². The van der Waals surface area contributed by atoms with Crippen molar-refractivity contribution in [3.8, 4) is 5.75 Å². The molecule has 0 saturated carbocycles. The Labute approximate surface area is 69.2 Å². The molecule has 1 aromatic rings. The van der Waals surface area contributed by atoms with E-state index in [1.54, 1.807) is 0 Å². The van der Waals surface area contributed by atoms with E-state index in [4.69, 9.17) is 4.74 Å². The summed E-state index contributed by atoms with van der Waals surface area (Å²) < 4.78 is 5.30. The van der Waals surface area contributed by atoms with E-state index in [1.807, 2.05) is 24.3 Å². The maximum atomic E-state index is 9.44. The van der Waals surface area contributed by atoms with Crippen LogP contribution in [0.25, 0.3) is 0 Å². The highest BCUT2D eigenvalue weighted by atomic mass is 32.2. The molecule has 0 spiro atoms. The van der Waals surface area contributed by atoms with Crippen molar-refractivity contribution in [1.29, 1.82) is 0 Å². The number of hydrogen-bond donors (Lipinski definition) is 1. The van der Waals surface area contributed by atoms with E-state index in [9.17, 15) is 5.11 Å². The van der Waals surface area contributed by atoms with Gasteiger partial charge in [0.2, 0.25) is 0 Å². The van der Waals surface area contributed by atoms with Crippen LogP contribution in [0.15, 0.2) is 24.3 Å². The van der Waals surface area contributed by atoms with Gasteiger partial charge in [-0.2, -0.15) is 0 Å². The molecule has 0 saturated heterocycles. The van der Waals surface area contributed by atoms with Crippen LogP contribution >= 0.6 is 11.8 Å². The van der Waals surface area contributed by atoms with Gasteiger partial charge in [-0.05, 0) is 6.07 Å². The summed E-state index contributed by atoms with van der Waals surface area (Å²) in [7, 11) is 0. The molecule has 0 fully saturated rings. The Bertz CT molecular complexity index is 262. The summed E-state index contributed by atoms with van der Waals surface area (Å²) in [4.78, 5) is 0. The molecule has 0 bridgehead atoms. The normalized spacial score (nSPS) is 22.1. The standard InChI is InChI=1S/C8H8O2S/c9-8-6-3-1-2-4-7(6)10-5-11-8/h1-4,8-9H,5H2. The Kier molecular flexibility index (Phi) is 1.75. The third-order valence-electron chi connectivity index (χ3n) is 1.63. The second-order valence-corrected chi connectivity index (χ2v) is 3.33. The van der Waals surface area contributed by atoms with E-state index in [0.29, 0.717) is 5.94 Å². The lowest BCUT2D eigenvalue weighted by Crippen LogP contribution is -2.07. The summed E-state index contributed by atoms with van der Waals surface area (Å²) in [5.74, 6) is 1.34. The van der Waals surface area contributed by atoms with Gasteiger partial charge in [0, 0.05) is 5.56 Å². The quantitative estimate of drug-likeness (QED) is 0.640. The van der Waals surface area contributed by atoms with Crippen LogP contribution in [0.3, 0.4) is 0 Å². The molecule has 1 N–H and O–H groups in total. The van der Waals surface area contributed by atoms with Crippen LogP contribution in [0.1, 0.15) is 11.0 Å². The first-order valence-electron chi connectivity index (χ1n) is 3.39. The summed E-state index contributed by atoms with van der Waals surface area (Å²) >= 11 is 1.39. The highest BCUT2D eigenvalue weighted by Crippen LogP contribution is 2.37. The molecular weight excluding hydrogens is 160 g/mol. The minimum atomic E-state index is -0.417. The van der Waals surface area contributed by atoms with E-state index in [1.165, 1.54) is 11.8 Å². The van der Waals surface area contributed by atoms with E-state index in [2.05, 4.69) is 0 Å². The number of fused-ring (bicyclic) bond motifs is 1. The Morgan fingerprint density at radius 3 is 3.09 bits per heavy atom. The summed E-state index contributed by atoms with van der Waals surface area (Å²) in [6.45, 7) is 0. The molecule has 1 atom stereocenters. The van der Waals surface area contributed by atoms with Crippen molar-refractivity contribution < 1.29 is 9.84 Å². The molecule has 0 amide bonds. The van der Waals surface area contributed by atoms with Gasteiger partial charge in [0.25, 0.3) is 0 Å². The molecule has 3 heteroatoms. The van der Waals surface area contributed by atoms with Crippen molar-refractivity contribution in [3.05, 3.63) is 29.8 Å². The fourth-order valence-corrected chi connectivity index (χ4v) is 1.77. The Balaban J connectivity index is 2.44. The van der Waals surface area contributed by atoms with Gasteiger partial charge in [0.15, 0.2) is 0 Å². The third kappa shape index (κ3) is 1.21. The number of hydrogen-bond acceptors (Lipinski definition) is 3. The van der Waals surface area contributed by atoms with Gasteiger partial charge in [-0.3, -0.25) is 0 Å². The molecule has 0 aliphatic carbocycles. The third-order valence-corrected chi connectivity index (χ3v) is 2.45. The largest absolute Gasteiger partial charge is 0.482 e. The lowest BCUT2D eigenvalue weighted by molar-refractivity contribution is 0.247. The van der Waals surface area contributed by atoms with Crippen molar-refractivity contribution in [2.24, 2.45) is 0 Å². The topological polar surface area (TPSA) is 29.5 Å². The molecule has 1 unspecified atom stereocenters. The number of rotatable bonds is 0. The van der Waals surface area contributed by atoms with Gasteiger partial charge >= 0.3 is 0 Å². The van der Waals surface area contributed by atoms with Gasteiger partial charge in [0.05, 0.1) is 0 Å². The van der Waals surface area contributed by atoms with Crippen LogP contribution in [-0.4, -0.2) is 11.0 Å². The lowest BCUT2D eigenvalue weighted by Gasteiger charge is -2.20. The molecule has 2 nitrogen and oxygen atoms in total. The lowest BCUT2D eigenvalue weighted by atomic mass is 10.2.